The lowest BCUT2D eigenvalue weighted by Gasteiger charge is -2.06. The van der Waals surface area contributed by atoms with E-state index < -0.39 is 0 Å². The Morgan fingerprint density at radius 2 is 1.86 bits per heavy atom. The maximum atomic E-state index is 12.1. The fraction of sp³-hybridized carbons (Fsp3) is 0.250. The molecule has 0 amide bonds. The van der Waals surface area contributed by atoms with E-state index in [2.05, 4.69) is 15.0 Å². The highest BCUT2D eigenvalue weighted by atomic mass is 32.1. The number of para-hydroxylation sites is 1. The normalized spacial score (nSPS) is 10.9. The Balaban J connectivity index is 1.79. The largest absolute Gasteiger partial charge is 0.453 e. The summed E-state index contributed by atoms with van der Waals surface area (Å²) >= 11 is 1.34. The predicted molar refractivity (Wildman–Crippen MR) is 85.0 cm³/mol. The van der Waals surface area contributed by atoms with Crippen LogP contribution in [0.3, 0.4) is 0 Å². The molecule has 0 aliphatic rings. The summed E-state index contributed by atoms with van der Waals surface area (Å²) in [6.45, 7) is 5.65. The van der Waals surface area contributed by atoms with Crippen molar-refractivity contribution in [3.63, 3.8) is 0 Å². The Morgan fingerprint density at radius 1 is 1.09 bits per heavy atom. The second-order valence-corrected chi connectivity index (χ2v) is 6.17. The molecular formula is C16H15N3O2S. The molecular weight excluding hydrogens is 298 g/mol. The number of benzene rings is 1. The van der Waals surface area contributed by atoms with Gasteiger partial charge in [-0.1, -0.05) is 18.2 Å². The summed E-state index contributed by atoms with van der Waals surface area (Å²) in [6, 6.07) is 7.78. The number of thiazole rings is 1. The van der Waals surface area contributed by atoms with Crippen molar-refractivity contribution >= 4 is 28.2 Å². The minimum Gasteiger partial charge on any atom is -0.453 e. The molecule has 0 N–H and O–H groups in total. The van der Waals surface area contributed by atoms with E-state index in [0.717, 1.165) is 21.6 Å². The number of esters is 1. The van der Waals surface area contributed by atoms with Crippen molar-refractivity contribution in [3.8, 4) is 0 Å². The summed E-state index contributed by atoms with van der Waals surface area (Å²) in [5.74, 6) is 0.126. The van der Waals surface area contributed by atoms with E-state index in [0.29, 0.717) is 16.4 Å². The zero-order valence-corrected chi connectivity index (χ0v) is 13.4. The SMILES string of the molecule is Cc1nc(C)c(C(=O)OCc2nc(C)c3ccccc3n2)s1. The van der Waals surface area contributed by atoms with Crippen LogP contribution in [0, 0.1) is 20.8 Å². The molecule has 0 saturated heterocycles. The van der Waals surface area contributed by atoms with Crippen LogP contribution in [0.15, 0.2) is 24.3 Å². The van der Waals surface area contributed by atoms with Crippen LogP contribution in [-0.4, -0.2) is 20.9 Å². The highest BCUT2D eigenvalue weighted by Crippen LogP contribution is 2.19. The van der Waals surface area contributed by atoms with E-state index in [4.69, 9.17) is 4.74 Å². The maximum absolute atomic E-state index is 12.1. The molecule has 112 valence electrons. The molecule has 2 aromatic heterocycles. The van der Waals surface area contributed by atoms with E-state index in [1.165, 1.54) is 11.3 Å². The highest BCUT2D eigenvalue weighted by molar-refractivity contribution is 7.13. The molecule has 0 saturated carbocycles. The van der Waals surface area contributed by atoms with Crippen LogP contribution in [0.4, 0.5) is 0 Å². The van der Waals surface area contributed by atoms with Crippen molar-refractivity contribution in [1.82, 2.24) is 15.0 Å². The maximum Gasteiger partial charge on any atom is 0.350 e. The lowest BCUT2D eigenvalue weighted by atomic mass is 10.2. The van der Waals surface area contributed by atoms with E-state index in [9.17, 15) is 4.79 Å². The van der Waals surface area contributed by atoms with Crippen LogP contribution < -0.4 is 0 Å². The second kappa shape index (κ2) is 5.81. The zero-order valence-electron chi connectivity index (χ0n) is 12.6. The van der Waals surface area contributed by atoms with Crippen molar-refractivity contribution in [2.75, 3.05) is 0 Å². The van der Waals surface area contributed by atoms with E-state index >= 15 is 0 Å². The number of carbonyl (C=O) groups excluding carboxylic acids is 1. The average Bonchev–Trinajstić information content (AvgIpc) is 2.84. The summed E-state index contributed by atoms with van der Waals surface area (Å²) in [5, 5.41) is 1.86. The van der Waals surface area contributed by atoms with Crippen LogP contribution in [0.1, 0.15) is 31.9 Å². The number of hydrogen-bond acceptors (Lipinski definition) is 6. The van der Waals surface area contributed by atoms with Gasteiger partial charge in [-0.15, -0.1) is 11.3 Å². The summed E-state index contributed by atoms with van der Waals surface area (Å²) in [4.78, 5) is 25.7. The summed E-state index contributed by atoms with van der Waals surface area (Å²) in [6.07, 6.45) is 0. The van der Waals surface area contributed by atoms with Gasteiger partial charge in [0.25, 0.3) is 0 Å². The third kappa shape index (κ3) is 2.82. The van der Waals surface area contributed by atoms with Gasteiger partial charge in [0, 0.05) is 11.1 Å². The number of carbonyl (C=O) groups is 1. The number of hydrogen-bond donors (Lipinski definition) is 0. The van der Waals surface area contributed by atoms with Crippen molar-refractivity contribution in [3.05, 3.63) is 51.4 Å². The first kappa shape index (κ1) is 14.6. The molecule has 0 atom stereocenters. The number of nitrogens with zero attached hydrogens (tertiary/aromatic N) is 3. The third-order valence-corrected chi connectivity index (χ3v) is 4.31. The number of aryl methyl sites for hydroxylation is 3. The van der Waals surface area contributed by atoms with Gasteiger partial charge in [-0.2, -0.15) is 0 Å². The van der Waals surface area contributed by atoms with Crippen LogP contribution in [0.25, 0.3) is 10.9 Å². The molecule has 0 bridgehead atoms. The molecule has 1 aromatic carbocycles. The molecule has 6 heteroatoms. The third-order valence-electron chi connectivity index (χ3n) is 3.26. The molecule has 0 spiro atoms. The molecule has 5 nitrogen and oxygen atoms in total. The molecule has 3 rings (SSSR count). The van der Waals surface area contributed by atoms with E-state index in [1.54, 1.807) is 6.92 Å². The van der Waals surface area contributed by atoms with Crippen molar-refractivity contribution < 1.29 is 9.53 Å². The van der Waals surface area contributed by atoms with Gasteiger partial charge in [0.05, 0.1) is 16.2 Å². The monoisotopic (exact) mass is 313 g/mol. The highest BCUT2D eigenvalue weighted by Gasteiger charge is 2.16. The predicted octanol–water partition coefficient (Wildman–Crippen LogP) is 3.37. The number of fused-ring (bicyclic) bond motifs is 1. The van der Waals surface area contributed by atoms with Crippen molar-refractivity contribution in [2.45, 2.75) is 27.4 Å². The van der Waals surface area contributed by atoms with Gasteiger partial charge in [-0.25, -0.2) is 19.7 Å². The average molecular weight is 313 g/mol. The molecule has 0 aliphatic heterocycles. The van der Waals surface area contributed by atoms with Crippen LogP contribution >= 0.6 is 11.3 Å². The Morgan fingerprint density at radius 3 is 2.59 bits per heavy atom. The quantitative estimate of drug-likeness (QED) is 0.694. The van der Waals surface area contributed by atoms with Gasteiger partial charge < -0.3 is 4.74 Å². The molecule has 2 heterocycles. The Hall–Kier alpha value is -2.34. The summed E-state index contributed by atoms with van der Waals surface area (Å²) in [7, 11) is 0. The summed E-state index contributed by atoms with van der Waals surface area (Å²) < 4.78 is 5.32. The van der Waals surface area contributed by atoms with Gasteiger partial charge in [-0.05, 0) is 26.8 Å². The minimum atomic E-state index is -0.377. The fourth-order valence-corrected chi connectivity index (χ4v) is 3.09. The first-order valence-corrected chi connectivity index (χ1v) is 7.69. The molecule has 22 heavy (non-hydrogen) atoms. The number of aromatic nitrogens is 3. The first-order valence-electron chi connectivity index (χ1n) is 6.88. The zero-order chi connectivity index (χ0) is 15.7. The van der Waals surface area contributed by atoms with E-state index in [-0.39, 0.29) is 12.6 Å². The standard InChI is InChI=1S/C16H15N3O2S/c1-9-12-6-4-5-7-13(12)19-14(18-9)8-21-16(20)15-10(2)17-11(3)22-15/h4-7H,8H2,1-3H3. The molecule has 0 aliphatic carbocycles. The topological polar surface area (TPSA) is 65.0 Å². The Kier molecular flexibility index (Phi) is 3.85. The Bertz CT molecular complexity index is 858. The van der Waals surface area contributed by atoms with Crippen LogP contribution in [-0.2, 0) is 11.3 Å². The smallest absolute Gasteiger partial charge is 0.350 e. The lowest BCUT2D eigenvalue weighted by molar-refractivity contribution is 0.0467. The molecule has 0 unspecified atom stereocenters. The Labute approximate surface area is 132 Å². The minimum absolute atomic E-state index is 0.0564. The molecule has 0 fully saturated rings. The number of ether oxygens (including phenoxy) is 1. The van der Waals surface area contributed by atoms with Gasteiger partial charge in [0.2, 0.25) is 0 Å². The van der Waals surface area contributed by atoms with Crippen LogP contribution in [0.5, 0.6) is 0 Å². The van der Waals surface area contributed by atoms with Crippen molar-refractivity contribution in [1.29, 1.82) is 0 Å². The van der Waals surface area contributed by atoms with Gasteiger partial charge in [0.15, 0.2) is 12.4 Å². The molecule has 0 radical (unpaired) electrons. The number of rotatable bonds is 3. The van der Waals surface area contributed by atoms with Gasteiger partial charge in [0.1, 0.15) is 4.88 Å². The van der Waals surface area contributed by atoms with Gasteiger partial charge >= 0.3 is 5.97 Å². The van der Waals surface area contributed by atoms with Gasteiger partial charge in [-0.3, -0.25) is 0 Å². The van der Waals surface area contributed by atoms with Crippen molar-refractivity contribution in [2.24, 2.45) is 0 Å². The second-order valence-electron chi connectivity index (χ2n) is 4.97. The molecule has 3 aromatic rings. The lowest BCUT2D eigenvalue weighted by Crippen LogP contribution is -2.08. The van der Waals surface area contributed by atoms with Crippen LogP contribution in [0.2, 0.25) is 0 Å². The summed E-state index contributed by atoms with van der Waals surface area (Å²) in [5.41, 5.74) is 2.43. The first-order chi connectivity index (χ1) is 10.5. The van der Waals surface area contributed by atoms with E-state index in [1.807, 2.05) is 38.1 Å². The fourth-order valence-electron chi connectivity index (χ4n) is 2.28.